The molecule has 0 aliphatic rings. The largest absolute Gasteiger partial charge is 0.494 e. The maximum Gasteiger partial charge on any atom is 0.119 e. The summed E-state index contributed by atoms with van der Waals surface area (Å²) in [5.41, 5.74) is 0.957. The Morgan fingerprint density at radius 2 is 2.06 bits per heavy atom. The van der Waals surface area contributed by atoms with Crippen molar-refractivity contribution in [1.82, 2.24) is 0 Å². The lowest BCUT2D eigenvalue weighted by Gasteiger charge is -2.16. The molecule has 0 spiro atoms. The molecule has 1 N–H and O–H groups in total. The number of hydrogen-bond donors (Lipinski definition) is 1. The van der Waals surface area contributed by atoms with Gasteiger partial charge in [0.2, 0.25) is 0 Å². The Morgan fingerprint density at radius 1 is 1.29 bits per heavy atom. The van der Waals surface area contributed by atoms with Gasteiger partial charge in [0, 0.05) is 0 Å². The summed E-state index contributed by atoms with van der Waals surface area (Å²) in [6, 6.07) is 7.77. The first-order valence-corrected chi connectivity index (χ1v) is 6.58. The second-order valence-electron chi connectivity index (χ2n) is 4.65. The lowest BCUT2D eigenvalue weighted by molar-refractivity contribution is 0.144. The maximum atomic E-state index is 10.2. The Bertz CT molecular complexity index is 322. The van der Waals surface area contributed by atoms with Gasteiger partial charge in [0.15, 0.2) is 0 Å². The van der Waals surface area contributed by atoms with E-state index in [1.807, 2.05) is 31.2 Å². The number of rotatable bonds is 7. The molecule has 0 aromatic heterocycles. The van der Waals surface area contributed by atoms with Crippen LogP contribution in [0.15, 0.2) is 24.3 Å². The topological polar surface area (TPSA) is 29.5 Å². The summed E-state index contributed by atoms with van der Waals surface area (Å²) in [4.78, 5) is 0. The smallest absolute Gasteiger partial charge is 0.119 e. The van der Waals surface area contributed by atoms with Crippen LogP contribution in [0.2, 0.25) is 0 Å². The normalized spacial score (nSPS) is 14.4. The highest BCUT2D eigenvalue weighted by atomic mass is 16.5. The lowest BCUT2D eigenvalue weighted by Crippen LogP contribution is -2.04. The van der Waals surface area contributed by atoms with Crippen molar-refractivity contribution in [2.45, 2.75) is 46.1 Å². The van der Waals surface area contributed by atoms with Crippen molar-refractivity contribution in [3.05, 3.63) is 29.8 Å². The third kappa shape index (κ3) is 4.78. The molecule has 0 heterocycles. The second kappa shape index (κ2) is 7.33. The van der Waals surface area contributed by atoms with E-state index < -0.39 is 0 Å². The van der Waals surface area contributed by atoms with Crippen LogP contribution in [0.4, 0.5) is 0 Å². The first kappa shape index (κ1) is 14.0. The molecule has 2 heteroatoms. The van der Waals surface area contributed by atoms with Gasteiger partial charge in [0.05, 0.1) is 12.7 Å². The fourth-order valence-electron chi connectivity index (χ4n) is 2.11. The third-order valence-electron chi connectivity index (χ3n) is 2.96. The fraction of sp³-hybridized carbons (Fsp3) is 0.600. The summed E-state index contributed by atoms with van der Waals surface area (Å²) in [6.45, 7) is 7.00. The van der Waals surface area contributed by atoms with E-state index in [-0.39, 0.29) is 6.10 Å². The highest BCUT2D eigenvalue weighted by Gasteiger charge is 2.12. The van der Waals surface area contributed by atoms with E-state index >= 15 is 0 Å². The fourth-order valence-corrected chi connectivity index (χ4v) is 2.11. The van der Waals surface area contributed by atoms with Gasteiger partial charge in [-0.3, -0.25) is 0 Å². The summed E-state index contributed by atoms with van der Waals surface area (Å²) in [6.07, 6.45) is 2.79. The van der Waals surface area contributed by atoms with E-state index in [2.05, 4.69) is 13.8 Å². The average Bonchev–Trinajstić information content (AvgIpc) is 2.30. The molecule has 0 aliphatic carbocycles. The van der Waals surface area contributed by atoms with Crippen LogP contribution in [-0.2, 0) is 0 Å². The Hall–Kier alpha value is -1.02. The van der Waals surface area contributed by atoms with E-state index in [0.29, 0.717) is 12.5 Å². The molecular formula is C15H24O2. The number of hydrogen-bond acceptors (Lipinski definition) is 2. The van der Waals surface area contributed by atoms with Crippen molar-refractivity contribution < 1.29 is 9.84 Å². The zero-order valence-corrected chi connectivity index (χ0v) is 11.1. The van der Waals surface area contributed by atoms with Crippen LogP contribution in [-0.4, -0.2) is 11.7 Å². The Kier molecular flexibility index (Phi) is 6.06. The molecule has 2 unspecified atom stereocenters. The minimum Gasteiger partial charge on any atom is -0.494 e. The average molecular weight is 236 g/mol. The van der Waals surface area contributed by atoms with Crippen molar-refractivity contribution in [1.29, 1.82) is 0 Å². The van der Waals surface area contributed by atoms with Gasteiger partial charge in [-0.1, -0.05) is 38.8 Å². The SMILES string of the molecule is CCCC(C)CC(O)c1cccc(OCC)c1. The molecule has 17 heavy (non-hydrogen) atoms. The number of ether oxygens (including phenoxy) is 1. The quantitative estimate of drug-likeness (QED) is 0.777. The van der Waals surface area contributed by atoms with Gasteiger partial charge in [-0.2, -0.15) is 0 Å². The summed E-state index contributed by atoms with van der Waals surface area (Å²) >= 11 is 0. The lowest BCUT2D eigenvalue weighted by atomic mass is 9.95. The van der Waals surface area contributed by atoms with Gasteiger partial charge in [-0.05, 0) is 37.0 Å². The van der Waals surface area contributed by atoms with E-state index in [4.69, 9.17) is 4.74 Å². The van der Waals surface area contributed by atoms with Gasteiger partial charge in [0.1, 0.15) is 5.75 Å². The Balaban J connectivity index is 2.61. The van der Waals surface area contributed by atoms with Gasteiger partial charge < -0.3 is 9.84 Å². The second-order valence-corrected chi connectivity index (χ2v) is 4.65. The molecular weight excluding hydrogens is 212 g/mol. The molecule has 0 radical (unpaired) electrons. The van der Waals surface area contributed by atoms with Crippen LogP contribution < -0.4 is 4.74 Å². The molecule has 1 aromatic rings. The van der Waals surface area contributed by atoms with Crippen molar-refractivity contribution >= 4 is 0 Å². The standard InChI is InChI=1S/C15H24O2/c1-4-7-12(3)10-15(16)13-8-6-9-14(11-13)17-5-2/h6,8-9,11-12,15-16H,4-5,7,10H2,1-3H3. The zero-order valence-electron chi connectivity index (χ0n) is 11.1. The highest BCUT2D eigenvalue weighted by molar-refractivity contribution is 5.29. The zero-order chi connectivity index (χ0) is 12.7. The molecule has 2 nitrogen and oxygen atoms in total. The van der Waals surface area contributed by atoms with Gasteiger partial charge >= 0.3 is 0 Å². The van der Waals surface area contributed by atoms with Crippen LogP contribution in [0.5, 0.6) is 5.75 Å². The molecule has 0 saturated heterocycles. The first-order chi connectivity index (χ1) is 8.17. The molecule has 0 aliphatic heterocycles. The summed E-state index contributed by atoms with van der Waals surface area (Å²) < 4.78 is 5.44. The summed E-state index contributed by atoms with van der Waals surface area (Å²) in [7, 11) is 0. The predicted octanol–water partition coefficient (Wildman–Crippen LogP) is 3.95. The summed E-state index contributed by atoms with van der Waals surface area (Å²) in [5.74, 6) is 1.40. The first-order valence-electron chi connectivity index (χ1n) is 6.58. The van der Waals surface area contributed by atoms with Gasteiger partial charge in [0.25, 0.3) is 0 Å². The Labute approximate surface area is 105 Å². The van der Waals surface area contributed by atoms with E-state index in [9.17, 15) is 5.11 Å². The molecule has 0 bridgehead atoms. The molecule has 1 rings (SSSR count). The monoisotopic (exact) mass is 236 g/mol. The van der Waals surface area contributed by atoms with E-state index in [1.165, 1.54) is 12.8 Å². The molecule has 0 fully saturated rings. The van der Waals surface area contributed by atoms with Crippen LogP contribution in [0, 0.1) is 5.92 Å². The van der Waals surface area contributed by atoms with Crippen molar-refractivity contribution in [2.24, 2.45) is 5.92 Å². The van der Waals surface area contributed by atoms with Crippen LogP contribution in [0.3, 0.4) is 0 Å². The summed E-state index contributed by atoms with van der Waals surface area (Å²) in [5, 5.41) is 10.2. The maximum absolute atomic E-state index is 10.2. The molecule has 96 valence electrons. The van der Waals surface area contributed by atoms with E-state index in [0.717, 1.165) is 17.7 Å². The molecule has 0 amide bonds. The van der Waals surface area contributed by atoms with Crippen molar-refractivity contribution in [3.63, 3.8) is 0 Å². The molecule has 0 saturated carbocycles. The highest BCUT2D eigenvalue weighted by Crippen LogP contribution is 2.26. The number of aliphatic hydroxyl groups excluding tert-OH is 1. The molecule has 2 atom stereocenters. The van der Waals surface area contributed by atoms with Crippen LogP contribution >= 0.6 is 0 Å². The minimum atomic E-state index is -0.378. The molecule has 1 aromatic carbocycles. The predicted molar refractivity (Wildman–Crippen MR) is 71.3 cm³/mol. The van der Waals surface area contributed by atoms with Crippen LogP contribution in [0.25, 0.3) is 0 Å². The van der Waals surface area contributed by atoms with Gasteiger partial charge in [-0.25, -0.2) is 0 Å². The minimum absolute atomic E-state index is 0.378. The third-order valence-corrected chi connectivity index (χ3v) is 2.96. The van der Waals surface area contributed by atoms with Gasteiger partial charge in [-0.15, -0.1) is 0 Å². The number of aliphatic hydroxyl groups is 1. The van der Waals surface area contributed by atoms with E-state index in [1.54, 1.807) is 0 Å². The van der Waals surface area contributed by atoms with Crippen molar-refractivity contribution in [3.8, 4) is 5.75 Å². The van der Waals surface area contributed by atoms with Crippen molar-refractivity contribution in [2.75, 3.05) is 6.61 Å². The number of benzene rings is 1. The van der Waals surface area contributed by atoms with Crippen LogP contribution in [0.1, 0.15) is 51.7 Å². The Morgan fingerprint density at radius 3 is 2.71 bits per heavy atom.